The Kier molecular flexibility index (Phi) is 7.33. The van der Waals surface area contributed by atoms with Crippen LogP contribution in [0.4, 0.5) is 4.39 Å². The van der Waals surface area contributed by atoms with Crippen LogP contribution in [0.15, 0.2) is 66.0 Å². The Labute approximate surface area is 157 Å². The number of methoxy groups -OCH3 is 1. The first-order valence-electron chi connectivity index (χ1n) is 8.35. The van der Waals surface area contributed by atoms with Crippen molar-refractivity contribution in [3.8, 4) is 11.8 Å². The molecule has 2 aromatic rings. The number of carbonyl (C=O) groups excluding carboxylic acids is 2. The highest BCUT2D eigenvalue weighted by molar-refractivity contribution is 5.94. The van der Waals surface area contributed by atoms with Gasteiger partial charge in [0.05, 0.1) is 24.9 Å². The molecule has 2 rings (SSSR count). The smallest absolute Gasteiger partial charge is 0.338 e. The first-order valence-corrected chi connectivity index (χ1v) is 8.35. The van der Waals surface area contributed by atoms with Crippen LogP contribution in [0, 0.1) is 11.8 Å². The molecule has 0 atom stereocenters. The Morgan fingerprint density at radius 3 is 2.37 bits per heavy atom. The van der Waals surface area contributed by atoms with Crippen LogP contribution < -0.4 is 0 Å². The Morgan fingerprint density at radius 2 is 1.70 bits per heavy atom. The molecule has 0 N–H and O–H groups in total. The zero-order valence-electron chi connectivity index (χ0n) is 15.1. The summed E-state index contributed by atoms with van der Waals surface area (Å²) in [6.45, 7) is 1.73. The molecule has 2 aromatic carbocycles. The van der Waals surface area contributed by atoms with E-state index in [9.17, 15) is 14.0 Å². The Morgan fingerprint density at radius 1 is 1.04 bits per heavy atom. The van der Waals surface area contributed by atoms with Crippen LogP contribution in [0.1, 0.15) is 28.4 Å². The van der Waals surface area contributed by atoms with E-state index in [-0.39, 0.29) is 24.2 Å². The van der Waals surface area contributed by atoms with Gasteiger partial charge in [-0.3, -0.25) is 0 Å². The van der Waals surface area contributed by atoms with Gasteiger partial charge in [0.25, 0.3) is 0 Å². The summed E-state index contributed by atoms with van der Waals surface area (Å²) >= 11 is 0. The van der Waals surface area contributed by atoms with Crippen LogP contribution in [0.25, 0.3) is 0 Å². The van der Waals surface area contributed by atoms with E-state index < -0.39 is 17.8 Å². The highest BCUT2D eigenvalue weighted by atomic mass is 19.1. The van der Waals surface area contributed by atoms with Gasteiger partial charge in [0.2, 0.25) is 0 Å². The summed E-state index contributed by atoms with van der Waals surface area (Å²) < 4.78 is 24.4. The molecule has 0 aliphatic rings. The number of ether oxygens (including phenoxy) is 2. The van der Waals surface area contributed by atoms with Crippen molar-refractivity contribution in [2.24, 2.45) is 0 Å². The molecule has 0 fully saturated rings. The normalized spacial score (nSPS) is 10.9. The number of carbonyl (C=O) groups is 2. The minimum absolute atomic E-state index is 0.0976. The van der Waals surface area contributed by atoms with Crippen molar-refractivity contribution in [3.63, 3.8) is 0 Å². The topological polar surface area (TPSA) is 52.6 Å². The molecule has 5 heteroatoms. The fourth-order valence-corrected chi connectivity index (χ4v) is 2.36. The van der Waals surface area contributed by atoms with Gasteiger partial charge in [0, 0.05) is 12.0 Å². The van der Waals surface area contributed by atoms with Gasteiger partial charge < -0.3 is 9.47 Å². The van der Waals surface area contributed by atoms with Crippen molar-refractivity contribution in [3.05, 3.63) is 82.7 Å². The lowest BCUT2D eigenvalue weighted by Gasteiger charge is -2.10. The summed E-state index contributed by atoms with van der Waals surface area (Å²) in [7, 11) is 1.26. The number of allylic oxidation sites excluding steroid dienone is 1. The van der Waals surface area contributed by atoms with Crippen LogP contribution in [0.3, 0.4) is 0 Å². The van der Waals surface area contributed by atoms with E-state index in [0.717, 1.165) is 0 Å². The maximum absolute atomic E-state index is 14.7. The van der Waals surface area contributed by atoms with Gasteiger partial charge in [0.15, 0.2) is 5.83 Å². The van der Waals surface area contributed by atoms with Crippen molar-refractivity contribution in [2.75, 3.05) is 13.7 Å². The van der Waals surface area contributed by atoms with Crippen LogP contribution in [-0.2, 0) is 20.7 Å². The van der Waals surface area contributed by atoms with Gasteiger partial charge >= 0.3 is 11.9 Å². The number of rotatable bonds is 5. The lowest BCUT2D eigenvalue weighted by molar-refractivity contribution is -0.138. The highest BCUT2D eigenvalue weighted by Gasteiger charge is 2.20. The van der Waals surface area contributed by atoms with E-state index in [1.807, 2.05) is 6.07 Å². The molecule has 0 aliphatic carbocycles. The molecule has 0 amide bonds. The molecular weight excluding hydrogens is 347 g/mol. The second-order valence-corrected chi connectivity index (χ2v) is 5.45. The maximum Gasteiger partial charge on any atom is 0.338 e. The standard InChI is InChI=1S/C22H19FO4/c1-3-27-22(25)19(20(23)14-13-16-9-5-4-6-10-16)15-17-11-7-8-12-18(17)21(24)26-2/h4-12H,3,15H2,1-2H3/b20-19+. The van der Waals surface area contributed by atoms with Crippen LogP contribution in [0.5, 0.6) is 0 Å². The van der Waals surface area contributed by atoms with Crippen molar-refractivity contribution in [2.45, 2.75) is 13.3 Å². The second-order valence-electron chi connectivity index (χ2n) is 5.45. The zero-order valence-corrected chi connectivity index (χ0v) is 15.1. The molecule has 0 radical (unpaired) electrons. The summed E-state index contributed by atoms with van der Waals surface area (Å²) in [4.78, 5) is 24.2. The fourth-order valence-electron chi connectivity index (χ4n) is 2.36. The van der Waals surface area contributed by atoms with Crippen molar-refractivity contribution < 1.29 is 23.5 Å². The first kappa shape index (κ1) is 19.9. The molecule has 0 saturated heterocycles. The number of hydrogen-bond acceptors (Lipinski definition) is 4. The summed E-state index contributed by atoms with van der Waals surface area (Å²) in [6.07, 6.45) is -0.139. The minimum Gasteiger partial charge on any atom is -0.465 e. The van der Waals surface area contributed by atoms with E-state index in [1.165, 1.54) is 7.11 Å². The molecular formula is C22H19FO4. The average Bonchev–Trinajstić information content (AvgIpc) is 2.70. The van der Waals surface area contributed by atoms with Crippen molar-refractivity contribution >= 4 is 11.9 Å². The minimum atomic E-state index is -0.892. The third kappa shape index (κ3) is 5.55. The quantitative estimate of drug-likeness (QED) is 0.458. The third-order valence-electron chi connectivity index (χ3n) is 3.67. The molecule has 0 spiro atoms. The summed E-state index contributed by atoms with van der Waals surface area (Å²) in [6, 6.07) is 15.4. The Hall–Kier alpha value is -3.39. The highest BCUT2D eigenvalue weighted by Crippen LogP contribution is 2.19. The van der Waals surface area contributed by atoms with E-state index in [1.54, 1.807) is 55.5 Å². The second kappa shape index (κ2) is 9.93. The maximum atomic E-state index is 14.7. The Balaban J connectivity index is 2.43. The van der Waals surface area contributed by atoms with Crippen molar-refractivity contribution in [1.82, 2.24) is 0 Å². The van der Waals surface area contributed by atoms with Crippen LogP contribution >= 0.6 is 0 Å². The summed E-state index contributed by atoms with van der Waals surface area (Å²) in [5.74, 6) is 2.78. The van der Waals surface area contributed by atoms with Gasteiger partial charge in [-0.2, -0.15) is 4.39 Å². The molecule has 27 heavy (non-hydrogen) atoms. The number of benzene rings is 2. The van der Waals surface area contributed by atoms with Gasteiger partial charge in [-0.25, -0.2) is 9.59 Å². The Bertz CT molecular complexity index is 905. The molecule has 0 heterocycles. The predicted octanol–water partition coefficient (Wildman–Crippen LogP) is 3.85. The molecule has 0 saturated carbocycles. The largest absolute Gasteiger partial charge is 0.465 e. The lowest BCUT2D eigenvalue weighted by atomic mass is 9.99. The molecule has 0 aliphatic heterocycles. The first-order chi connectivity index (χ1) is 13.1. The van der Waals surface area contributed by atoms with Crippen molar-refractivity contribution in [1.29, 1.82) is 0 Å². The number of hydrogen-bond donors (Lipinski definition) is 0. The van der Waals surface area contributed by atoms with E-state index in [2.05, 4.69) is 11.8 Å². The average molecular weight is 366 g/mol. The molecule has 138 valence electrons. The summed E-state index contributed by atoms with van der Waals surface area (Å²) in [5, 5.41) is 0. The summed E-state index contributed by atoms with van der Waals surface area (Å²) in [5.41, 5.74) is 1.08. The molecule has 0 aromatic heterocycles. The van der Waals surface area contributed by atoms with Crippen LogP contribution in [0.2, 0.25) is 0 Å². The van der Waals surface area contributed by atoms with E-state index in [0.29, 0.717) is 11.1 Å². The number of halogens is 1. The van der Waals surface area contributed by atoms with E-state index in [4.69, 9.17) is 9.47 Å². The molecule has 4 nitrogen and oxygen atoms in total. The molecule has 0 bridgehead atoms. The van der Waals surface area contributed by atoms with Gasteiger partial charge in [-0.05, 0) is 36.6 Å². The fraction of sp³-hybridized carbons (Fsp3) is 0.182. The van der Waals surface area contributed by atoms with Crippen LogP contribution in [-0.4, -0.2) is 25.7 Å². The SMILES string of the molecule is CCOC(=O)/C(Cc1ccccc1C(=O)OC)=C(/F)C#Cc1ccccc1. The predicted molar refractivity (Wildman–Crippen MR) is 99.6 cm³/mol. The molecule has 0 unspecified atom stereocenters. The zero-order chi connectivity index (χ0) is 19.6. The van der Waals surface area contributed by atoms with Gasteiger partial charge in [0.1, 0.15) is 0 Å². The monoisotopic (exact) mass is 366 g/mol. The van der Waals surface area contributed by atoms with Gasteiger partial charge in [-0.1, -0.05) is 42.3 Å². The number of esters is 2. The lowest BCUT2D eigenvalue weighted by Crippen LogP contribution is -2.14. The third-order valence-corrected chi connectivity index (χ3v) is 3.67. The van der Waals surface area contributed by atoms with E-state index >= 15 is 0 Å². The van der Waals surface area contributed by atoms with Gasteiger partial charge in [-0.15, -0.1) is 0 Å².